The lowest BCUT2D eigenvalue weighted by Crippen LogP contribution is -2.59. The van der Waals surface area contributed by atoms with Crippen LogP contribution in [0.15, 0.2) is 0 Å². The van der Waals surface area contributed by atoms with Crippen LogP contribution in [0, 0.1) is 11.8 Å². The molecule has 0 radical (unpaired) electrons. The highest BCUT2D eigenvalue weighted by Gasteiger charge is 2.32. The van der Waals surface area contributed by atoms with Gasteiger partial charge in [-0.05, 0) is 37.6 Å². The third-order valence-corrected chi connectivity index (χ3v) is 6.96. The molecule has 20 nitrogen and oxygen atoms in total. The van der Waals surface area contributed by atoms with E-state index < -0.39 is 116 Å². The third-order valence-electron chi connectivity index (χ3n) is 6.96. The van der Waals surface area contributed by atoms with Gasteiger partial charge in [0.1, 0.15) is 30.2 Å². The Bertz CT molecular complexity index is 1150. The topological polar surface area (TPSA) is 342 Å². The molecular weight excluding hydrogens is 652 g/mol. The van der Waals surface area contributed by atoms with Crippen molar-refractivity contribution in [1.29, 1.82) is 0 Å². The number of unbranched alkanes of at least 4 members (excludes halogenated alkanes) is 1. The van der Waals surface area contributed by atoms with Crippen LogP contribution >= 0.6 is 0 Å². The predicted octanol–water partition coefficient (Wildman–Crippen LogP) is -4.77. The molecule has 0 heterocycles. The van der Waals surface area contributed by atoms with Crippen molar-refractivity contribution in [3.05, 3.63) is 0 Å². The summed E-state index contributed by atoms with van der Waals surface area (Å²) >= 11 is 0. The number of aliphatic hydroxyl groups is 2. The molecule has 0 aliphatic rings. The molecular formula is C29H52N8O12. The summed E-state index contributed by atoms with van der Waals surface area (Å²) < 4.78 is 0. The normalized spacial score (nSPS) is 14.7. The molecule has 0 aliphatic carbocycles. The molecule has 0 fully saturated rings. The Kier molecular flexibility index (Phi) is 21.0. The van der Waals surface area contributed by atoms with Crippen molar-refractivity contribution >= 4 is 47.4 Å². The van der Waals surface area contributed by atoms with Crippen LogP contribution in [0.1, 0.15) is 59.8 Å². The zero-order valence-electron chi connectivity index (χ0n) is 28.2. The average Bonchev–Trinajstić information content (AvgIpc) is 3.01. The molecule has 0 aromatic rings. The quantitative estimate of drug-likeness (QED) is 0.0420. The highest BCUT2D eigenvalue weighted by molar-refractivity contribution is 5.96. The minimum Gasteiger partial charge on any atom is -0.481 e. The van der Waals surface area contributed by atoms with Crippen molar-refractivity contribution < 1.29 is 58.8 Å². The Morgan fingerprint density at radius 3 is 1.63 bits per heavy atom. The fourth-order valence-corrected chi connectivity index (χ4v) is 4.24. The van der Waals surface area contributed by atoms with Crippen LogP contribution in [0.25, 0.3) is 0 Å². The monoisotopic (exact) mass is 704 g/mol. The summed E-state index contributed by atoms with van der Waals surface area (Å²) in [5.74, 6) is -9.31. The van der Waals surface area contributed by atoms with Crippen LogP contribution in [0.4, 0.5) is 0 Å². The zero-order valence-corrected chi connectivity index (χ0v) is 28.2. The molecule has 0 rings (SSSR count). The Morgan fingerprint density at radius 1 is 0.653 bits per heavy atom. The van der Waals surface area contributed by atoms with Gasteiger partial charge in [-0.3, -0.25) is 33.6 Å². The highest BCUT2D eigenvalue weighted by Crippen LogP contribution is 2.08. The molecule has 6 atom stereocenters. The molecule has 280 valence electrons. The number of nitrogens with one attached hydrogen (secondary N) is 6. The first-order valence-corrected chi connectivity index (χ1v) is 15.8. The van der Waals surface area contributed by atoms with E-state index >= 15 is 0 Å². The van der Waals surface area contributed by atoms with E-state index in [1.54, 1.807) is 13.8 Å². The molecule has 0 spiro atoms. The van der Waals surface area contributed by atoms with Crippen molar-refractivity contribution in [2.45, 2.75) is 96.1 Å². The first-order chi connectivity index (χ1) is 22.9. The maximum atomic E-state index is 13.0. The number of hydrogen-bond donors (Lipinski definition) is 12. The fraction of sp³-hybridized carbons (Fsp3) is 0.724. The van der Waals surface area contributed by atoms with Crippen molar-refractivity contribution in [2.24, 2.45) is 23.3 Å². The van der Waals surface area contributed by atoms with Crippen molar-refractivity contribution in [2.75, 3.05) is 26.3 Å². The number of carbonyl (C=O) groups is 8. The van der Waals surface area contributed by atoms with Gasteiger partial charge in [0.2, 0.25) is 35.4 Å². The molecule has 49 heavy (non-hydrogen) atoms. The number of hydrogen-bond acceptors (Lipinski definition) is 12. The van der Waals surface area contributed by atoms with E-state index in [-0.39, 0.29) is 12.3 Å². The van der Waals surface area contributed by atoms with Gasteiger partial charge in [0.05, 0.1) is 32.2 Å². The van der Waals surface area contributed by atoms with Crippen molar-refractivity contribution in [1.82, 2.24) is 31.9 Å². The Hall–Kier alpha value is -4.40. The van der Waals surface area contributed by atoms with E-state index in [1.165, 1.54) is 13.8 Å². The second-order valence-electron chi connectivity index (χ2n) is 12.1. The molecule has 0 saturated carbocycles. The highest BCUT2D eigenvalue weighted by atomic mass is 16.4. The maximum absolute atomic E-state index is 13.0. The standard InChI is InChI=1S/C29H52N8O12/c1-14(2)9-17(34-24(43)16(31)7-5-6-8-30)26(45)36-20(13-39)28(47)35-19(12-38)25(44)32-11-21(40)33-18(10-22(41)42)27(46)37-23(15(3)4)29(48)49/h14-20,23,38-39H,5-13,30-31H2,1-4H3,(H,32,44)(H,33,40)(H,34,43)(H,35,47)(H,36,45)(H,37,46)(H,41,42)(H,48,49)/t16-,17-,18-,19-,20-,23-/m0/s1. The molecule has 0 aromatic carbocycles. The summed E-state index contributed by atoms with van der Waals surface area (Å²) in [5.41, 5.74) is 11.4. The summed E-state index contributed by atoms with van der Waals surface area (Å²) in [4.78, 5) is 98.7. The number of carbonyl (C=O) groups excluding carboxylic acids is 6. The maximum Gasteiger partial charge on any atom is 0.326 e. The predicted molar refractivity (Wildman–Crippen MR) is 172 cm³/mol. The van der Waals surface area contributed by atoms with Gasteiger partial charge in [-0.2, -0.15) is 0 Å². The minimum atomic E-state index is -1.71. The van der Waals surface area contributed by atoms with Crippen molar-refractivity contribution in [3.63, 3.8) is 0 Å². The lowest BCUT2D eigenvalue weighted by Gasteiger charge is -2.25. The van der Waals surface area contributed by atoms with E-state index in [0.717, 1.165) is 0 Å². The first-order valence-electron chi connectivity index (χ1n) is 15.8. The lowest BCUT2D eigenvalue weighted by atomic mass is 10.0. The second kappa shape index (κ2) is 23.0. The average molecular weight is 705 g/mol. The third kappa shape index (κ3) is 17.5. The molecule has 14 N–H and O–H groups in total. The summed E-state index contributed by atoms with van der Waals surface area (Å²) in [6.45, 7) is 4.22. The Labute approximate surface area is 283 Å². The number of aliphatic hydroxyl groups excluding tert-OH is 2. The summed E-state index contributed by atoms with van der Waals surface area (Å²) in [5, 5.41) is 51.2. The van der Waals surface area contributed by atoms with Gasteiger partial charge in [0.25, 0.3) is 0 Å². The van der Waals surface area contributed by atoms with Gasteiger partial charge in [0.15, 0.2) is 0 Å². The second-order valence-corrected chi connectivity index (χ2v) is 12.1. The van der Waals surface area contributed by atoms with E-state index in [4.69, 9.17) is 16.6 Å². The van der Waals surface area contributed by atoms with E-state index in [0.29, 0.717) is 25.8 Å². The largest absolute Gasteiger partial charge is 0.481 e. The van der Waals surface area contributed by atoms with Crippen LogP contribution < -0.4 is 43.4 Å². The van der Waals surface area contributed by atoms with E-state index in [1.807, 2.05) is 0 Å². The van der Waals surface area contributed by atoms with Gasteiger partial charge >= 0.3 is 11.9 Å². The first kappa shape index (κ1) is 44.6. The summed E-state index contributed by atoms with van der Waals surface area (Å²) in [7, 11) is 0. The van der Waals surface area contributed by atoms with Crippen LogP contribution in [0.2, 0.25) is 0 Å². The van der Waals surface area contributed by atoms with Crippen LogP contribution in [0.5, 0.6) is 0 Å². The molecule has 20 heteroatoms. The van der Waals surface area contributed by atoms with Gasteiger partial charge in [-0.15, -0.1) is 0 Å². The number of amides is 6. The fourth-order valence-electron chi connectivity index (χ4n) is 4.24. The molecule has 0 aliphatic heterocycles. The Morgan fingerprint density at radius 2 is 1.16 bits per heavy atom. The molecule has 0 bridgehead atoms. The number of nitrogens with two attached hydrogens (primary N) is 2. The number of carboxylic acid groups (broad SMARTS) is 2. The van der Waals surface area contributed by atoms with Crippen LogP contribution in [0.3, 0.4) is 0 Å². The SMILES string of the molecule is CC(C)C[C@H](NC(=O)[C@@H](N)CCCCN)C(=O)N[C@@H](CO)C(=O)N[C@@H](CO)C(=O)NCC(=O)N[C@@H](CC(=O)O)C(=O)N[C@H](C(=O)O)C(C)C. The van der Waals surface area contributed by atoms with Gasteiger partial charge in [-0.25, -0.2) is 4.79 Å². The van der Waals surface area contributed by atoms with E-state index in [2.05, 4.69) is 31.9 Å². The zero-order chi connectivity index (χ0) is 37.8. The van der Waals surface area contributed by atoms with Gasteiger partial charge in [0, 0.05) is 0 Å². The molecule has 6 amide bonds. The Balaban J connectivity index is 5.38. The number of carboxylic acids is 2. The van der Waals surface area contributed by atoms with Crippen LogP contribution in [-0.2, 0) is 38.4 Å². The smallest absolute Gasteiger partial charge is 0.326 e. The van der Waals surface area contributed by atoms with Gasteiger partial charge in [-0.1, -0.05) is 34.1 Å². The van der Waals surface area contributed by atoms with Crippen LogP contribution in [-0.4, -0.2) is 130 Å². The lowest BCUT2D eigenvalue weighted by molar-refractivity contribution is -0.144. The molecule has 0 unspecified atom stereocenters. The van der Waals surface area contributed by atoms with Gasteiger partial charge < -0.3 is 63.8 Å². The number of rotatable bonds is 24. The van der Waals surface area contributed by atoms with E-state index in [9.17, 15) is 53.7 Å². The molecule has 0 saturated heterocycles. The summed E-state index contributed by atoms with van der Waals surface area (Å²) in [6, 6.07) is -8.44. The minimum absolute atomic E-state index is 0.0823. The summed E-state index contributed by atoms with van der Waals surface area (Å²) in [6.07, 6.45) is 0.827. The molecule has 0 aromatic heterocycles. The van der Waals surface area contributed by atoms with Crippen molar-refractivity contribution in [3.8, 4) is 0 Å². The number of aliphatic carboxylic acids is 2.